The molecule has 1 N–H and O–H groups in total. The molecule has 6 heteroatoms. The standard InChI is InChI=1S/C29H32N2O4/c1-5-16-30-27(32)25-14-13-23(35-25)19-34-22-12-11-20-15-17-31(28(33)29(2,3)4)26(24(20)18-22)21-9-7-6-8-10-21/h5-14,18,26H,1,15-17,19H2,2-4H3,(H,30,32)/t26-/m1/s1. The van der Waals surface area contributed by atoms with Crippen LogP contribution in [-0.4, -0.2) is 29.8 Å². The number of nitrogens with one attached hydrogen (secondary N) is 1. The Bertz CT molecular complexity index is 1210. The van der Waals surface area contributed by atoms with Crippen LogP contribution < -0.4 is 10.1 Å². The van der Waals surface area contributed by atoms with Crippen LogP contribution in [0.4, 0.5) is 0 Å². The van der Waals surface area contributed by atoms with Gasteiger partial charge in [-0.2, -0.15) is 0 Å². The molecule has 3 aromatic rings. The number of carbonyl (C=O) groups excluding carboxylic acids is 2. The molecule has 0 bridgehead atoms. The number of hydrogen-bond donors (Lipinski definition) is 1. The Balaban J connectivity index is 1.58. The van der Waals surface area contributed by atoms with E-state index >= 15 is 0 Å². The van der Waals surface area contributed by atoms with Gasteiger partial charge in [0.15, 0.2) is 5.76 Å². The molecular weight excluding hydrogens is 440 g/mol. The Hall–Kier alpha value is -3.80. The van der Waals surface area contributed by atoms with Crippen LogP contribution in [0, 0.1) is 5.41 Å². The first-order chi connectivity index (χ1) is 16.8. The average Bonchev–Trinajstić information content (AvgIpc) is 3.34. The maximum absolute atomic E-state index is 13.4. The van der Waals surface area contributed by atoms with Gasteiger partial charge in [-0.1, -0.05) is 63.2 Å². The number of rotatable bonds is 7. The second-order valence-electron chi connectivity index (χ2n) is 9.73. The second kappa shape index (κ2) is 10.2. The molecule has 1 aliphatic heterocycles. The number of ether oxygens (including phenoxy) is 1. The van der Waals surface area contributed by atoms with Crippen molar-refractivity contribution in [3.8, 4) is 5.75 Å². The molecule has 0 aliphatic carbocycles. The van der Waals surface area contributed by atoms with E-state index < -0.39 is 5.41 Å². The van der Waals surface area contributed by atoms with Crippen LogP contribution in [0.25, 0.3) is 0 Å². The predicted octanol–water partition coefficient (Wildman–Crippen LogP) is 5.29. The van der Waals surface area contributed by atoms with E-state index in [1.54, 1.807) is 18.2 Å². The van der Waals surface area contributed by atoms with Crippen LogP contribution in [0.2, 0.25) is 0 Å². The van der Waals surface area contributed by atoms with Crippen molar-refractivity contribution in [2.45, 2.75) is 39.8 Å². The molecule has 35 heavy (non-hydrogen) atoms. The molecule has 0 saturated heterocycles. The second-order valence-corrected chi connectivity index (χ2v) is 9.73. The summed E-state index contributed by atoms with van der Waals surface area (Å²) in [5.74, 6) is 1.30. The SMILES string of the molecule is C=CCNC(=O)c1ccc(COc2ccc3c(c2)[C@@H](c2ccccc2)N(C(=O)C(C)(C)C)CC3)o1. The fraction of sp³-hybridized carbons (Fsp3) is 0.310. The number of furan rings is 1. The van der Waals surface area contributed by atoms with Crippen molar-refractivity contribution in [1.29, 1.82) is 0 Å². The zero-order valence-corrected chi connectivity index (χ0v) is 20.5. The molecule has 6 nitrogen and oxygen atoms in total. The summed E-state index contributed by atoms with van der Waals surface area (Å²) in [5.41, 5.74) is 2.88. The van der Waals surface area contributed by atoms with Crippen molar-refractivity contribution in [1.82, 2.24) is 10.2 Å². The highest BCUT2D eigenvalue weighted by molar-refractivity contribution is 5.91. The van der Waals surface area contributed by atoms with Gasteiger partial charge in [0.05, 0.1) is 6.04 Å². The van der Waals surface area contributed by atoms with E-state index in [4.69, 9.17) is 9.15 Å². The third kappa shape index (κ3) is 5.48. The van der Waals surface area contributed by atoms with Gasteiger partial charge in [-0.05, 0) is 47.4 Å². The van der Waals surface area contributed by atoms with E-state index in [1.807, 2.05) is 56.0 Å². The van der Waals surface area contributed by atoms with Crippen molar-refractivity contribution in [2.75, 3.05) is 13.1 Å². The molecule has 0 spiro atoms. The summed E-state index contributed by atoms with van der Waals surface area (Å²) >= 11 is 0. The lowest BCUT2D eigenvalue weighted by Crippen LogP contribution is -2.45. The molecule has 0 unspecified atom stereocenters. The van der Waals surface area contributed by atoms with Crippen LogP contribution in [-0.2, 0) is 17.8 Å². The van der Waals surface area contributed by atoms with Gasteiger partial charge in [0.25, 0.3) is 5.91 Å². The lowest BCUT2D eigenvalue weighted by molar-refractivity contribution is -0.141. The van der Waals surface area contributed by atoms with Crippen LogP contribution in [0.1, 0.15) is 59.8 Å². The van der Waals surface area contributed by atoms with Crippen LogP contribution in [0.3, 0.4) is 0 Å². The van der Waals surface area contributed by atoms with E-state index in [0.717, 1.165) is 17.5 Å². The number of hydrogen-bond acceptors (Lipinski definition) is 4. The third-order valence-corrected chi connectivity index (χ3v) is 6.04. The monoisotopic (exact) mass is 472 g/mol. The summed E-state index contributed by atoms with van der Waals surface area (Å²) in [6.07, 6.45) is 2.40. The van der Waals surface area contributed by atoms with Gasteiger partial charge in [-0.25, -0.2) is 0 Å². The zero-order valence-electron chi connectivity index (χ0n) is 20.5. The molecule has 0 fully saturated rings. The number of benzene rings is 2. The first-order valence-corrected chi connectivity index (χ1v) is 11.9. The molecule has 0 saturated carbocycles. The molecule has 1 aliphatic rings. The highest BCUT2D eigenvalue weighted by Gasteiger charge is 2.37. The molecule has 4 rings (SSSR count). The number of amides is 2. The van der Waals surface area contributed by atoms with Gasteiger partial charge in [0.1, 0.15) is 18.1 Å². The Kier molecular flexibility index (Phi) is 7.10. The third-order valence-electron chi connectivity index (χ3n) is 6.04. The highest BCUT2D eigenvalue weighted by Crippen LogP contribution is 2.39. The zero-order chi connectivity index (χ0) is 25.0. The smallest absolute Gasteiger partial charge is 0.287 e. The normalized spacial score (nSPS) is 15.3. The lowest BCUT2D eigenvalue weighted by atomic mass is 9.85. The summed E-state index contributed by atoms with van der Waals surface area (Å²) in [4.78, 5) is 27.4. The van der Waals surface area contributed by atoms with Gasteiger partial charge < -0.3 is 19.4 Å². The average molecular weight is 473 g/mol. The minimum absolute atomic E-state index is 0.126. The summed E-state index contributed by atoms with van der Waals surface area (Å²) in [7, 11) is 0. The van der Waals surface area contributed by atoms with Crippen LogP contribution in [0.5, 0.6) is 5.75 Å². The molecule has 1 aromatic heterocycles. The summed E-state index contributed by atoms with van der Waals surface area (Å²) in [5, 5.41) is 2.69. The van der Waals surface area contributed by atoms with Gasteiger partial charge in [-0.3, -0.25) is 9.59 Å². The largest absolute Gasteiger partial charge is 0.486 e. The maximum Gasteiger partial charge on any atom is 0.287 e. The number of carbonyl (C=O) groups is 2. The topological polar surface area (TPSA) is 71.8 Å². The molecule has 2 aromatic carbocycles. The predicted molar refractivity (Wildman–Crippen MR) is 135 cm³/mol. The molecule has 0 radical (unpaired) electrons. The van der Waals surface area contributed by atoms with Crippen molar-refractivity contribution < 1.29 is 18.7 Å². The minimum atomic E-state index is -0.479. The Morgan fingerprint density at radius 3 is 2.63 bits per heavy atom. The Morgan fingerprint density at radius 1 is 1.14 bits per heavy atom. The lowest BCUT2D eigenvalue weighted by Gasteiger charge is -2.41. The summed E-state index contributed by atoms with van der Waals surface area (Å²) in [6.45, 7) is 10.7. The molecule has 1 atom stereocenters. The fourth-order valence-corrected chi connectivity index (χ4v) is 4.31. The van der Waals surface area contributed by atoms with Crippen LogP contribution >= 0.6 is 0 Å². The van der Waals surface area contributed by atoms with Gasteiger partial charge in [0, 0.05) is 18.5 Å². The Labute approximate surface area is 206 Å². The quantitative estimate of drug-likeness (QED) is 0.474. The van der Waals surface area contributed by atoms with Gasteiger partial charge >= 0.3 is 0 Å². The Morgan fingerprint density at radius 2 is 1.91 bits per heavy atom. The fourth-order valence-electron chi connectivity index (χ4n) is 4.31. The van der Waals surface area contributed by atoms with Crippen molar-refractivity contribution in [3.63, 3.8) is 0 Å². The molecular formula is C29H32N2O4. The van der Waals surface area contributed by atoms with E-state index in [-0.39, 0.29) is 30.2 Å². The minimum Gasteiger partial charge on any atom is -0.486 e. The maximum atomic E-state index is 13.4. The summed E-state index contributed by atoms with van der Waals surface area (Å²) < 4.78 is 11.7. The van der Waals surface area contributed by atoms with Crippen molar-refractivity contribution in [2.24, 2.45) is 5.41 Å². The highest BCUT2D eigenvalue weighted by atomic mass is 16.5. The summed E-state index contributed by atoms with van der Waals surface area (Å²) in [6, 6.07) is 19.4. The van der Waals surface area contributed by atoms with E-state index in [0.29, 0.717) is 24.6 Å². The number of fused-ring (bicyclic) bond motifs is 1. The van der Waals surface area contributed by atoms with E-state index in [2.05, 4.69) is 30.1 Å². The van der Waals surface area contributed by atoms with Crippen molar-refractivity contribution in [3.05, 3.63) is 102 Å². The molecule has 2 heterocycles. The molecule has 182 valence electrons. The van der Waals surface area contributed by atoms with E-state index in [1.165, 1.54) is 5.56 Å². The van der Waals surface area contributed by atoms with E-state index in [9.17, 15) is 9.59 Å². The van der Waals surface area contributed by atoms with Gasteiger partial charge in [0.2, 0.25) is 5.91 Å². The van der Waals surface area contributed by atoms with Crippen LogP contribution in [0.15, 0.2) is 77.7 Å². The van der Waals surface area contributed by atoms with Crippen molar-refractivity contribution >= 4 is 11.8 Å². The molecule has 2 amide bonds. The first kappa shape index (κ1) is 24.3. The van der Waals surface area contributed by atoms with Gasteiger partial charge in [-0.15, -0.1) is 6.58 Å². The number of nitrogens with zero attached hydrogens (tertiary/aromatic N) is 1. The first-order valence-electron chi connectivity index (χ1n) is 11.9.